The summed E-state index contributed by atoms with van der Waals surface area (Å²) in [7, 11) is 2.25. The molecule has 0 fully saturated rings. The maximum Gasteiger partial charge on any atom is 0.431 e. The molecule has 0 saturated heterocycles. The van der Waals surface area contributed by atoms with E-state index in [0.717, 1.165) is 11.9 Å². The number of alkyl halides is 3. The van der Waals surface area contributed by atoms with Gasteiger partial charge in [-0.3, -0.25) is 9.59 Å². The summed E-state index contributed by atoms with van der Waals surface area (Å²) in [5.74, 6) is 0.0602. The van der Waals surface area contributed by atoms with Crippen LogP contribution in [0.5, 0.6) is 0 Å². The van der Waals surface area contributed by atoms with Crippen LogP contribution in [0, 0.1) is 0 Å². The van der Waals surface area contributed by atoms with Gasteiger partial charge >= 0.3 is 6.18 Å². The summed E-state index contributed by atoms with van der Waals surface area (Å²) in [6.45, 7) is 1.90. The minimum atomic E-state index is -4.74. The molecule has 0 aliphatic rings. The lowest BCUT2D eigenvalue weighted by Gasteiger charge is -2.22. The van der Waals surface area contributed by atoms with Crippen molar-refractivity contribution in [3.05, 3.63) is 46.1 Å². The fourth-order valence-corrected chi connectivity index (χ4v) is 3.16. The number of hydrogen-bond acceptors (Lipinski definition) is 5. The zero-order chi connectivity index (χ0) is 19.6. The zero-order valence-electron chi connectivity index (χ0n) is 14.3. The van der Waals surface area contributed by atoms with Gasteiger partial charge in [0.1, 0.15) is 17.1 Å². The summed E-state index contributed by atoms with van der Waals surface area (Å²) in [6.07, 6.45) is -3.32. The first-order valence-corrected chi connectivity index (χ1v) is 8.50. The molecule has 6 nitrogen and oxygen atoms in total. The topological polar surface area (TPSA) is 81.2 Å². The first kappa shape index (κ1) is 19.8. The highest BCUT2D eigenvalue weighted by molar-refractivity contribution is 7.99. The molecule has 0 aromatic carbocycles. The quantitative estimate of drug-likeness (QED) is 0.818. The number of pyridine rings is 2. The van der Waals surface area contributed by atoms with Gasteiger partial charge in [-0.05, 0) is 24.0 Å². The molecule has 0 bridgehead atoms. The van der Waals surface area contributed by atoms with E-state index in [1.54, 1.807) is 12.1 Å². The van der Waals surface area contributed by atoms with E-state index in [9.17, 15) is 22.8 Å². The maximum atomic E-state index is 13.0. The van der Waals surface area contributed by atoms with Crippen LogP contribution < -0.4 is 16.2 Å². The van der Waals surface area contributed by atoms with Gasteiger partial charge in [0.05, 0.1) is 5.69 Å². The molecule has 0 radical (unpaired) electrons. The van der Waals surface area contributed by atoms with Crippen molar-refractivity contribution < 1.29 is 18.0 Å². The first-order chi connectivity index (χ1) is 12.1. The van der Waals surface area contributed by atoms with Crippen molar-refractivity contribution in [1.82, 2.24) is 9.55 Å². The highest BCUT2D eigenvalue weighted by Gasteiger charge is 2.35. The van der Waals surface area contributed by atoms with Crippen LogP contribution in [0.2, 0.25) is 0 Å². The van der Waals surface area contributed by atoms with E-state index < -0.39 is 29.0 Å². The minimum Gasteiger partial charge on any atom is -0.397 e. The lowest BCUT2D eigenvalue weighted by Crippen LogP contribution is -2.37. The second-order valence-electron chi connectivity index (χ2n) is 5.34. The third-order valence-corrected chi connectivity index (χ3v) is 4.57. The molecular formula is C16H17F3N4O2S. The fraction of sp³-hybridized carbons (Fsp3) is 0.312. The number of carbonyl (C=O) groups is 1. The molecule has 2 aromatic rings. The van der Waals surface area contributed by atoms with Gasteiger partial charge < -0.3 is 15.2 Å². The van der Waals surface area contributed by atoms with Gasteiger partial charge in [-0.25, -0.2) is 4.98 Å². The predicted octanol–water partition coefficient (Wildman–Crippen LogP) is 2.77. The van der Waals surface area contributed by atoms with E-state index in [1.165, 1.54) is 25.0 Å². The van der Waals surface area contributed by atoms with Gasteiger partial charge in [-0.15, -0.1) is 11.8 Å². The second-order valence-corrected chi connectivity index (χ2v) is 6.65. The standard InChI is InChI=1S/C16H17F3N4O2S/c1-4-26-10-6-5-7-21-12(10)14(24)23(3)13-9(20)8-11(16(17,18)19)22(2)15(13)25/h5-8H,4,20H2,1-3H3. The van der Waals surface area contributed by atoms with E-state index in [-0.39, 0.29) is 11.4 Å². The Bertz CT molecular complexity index is 896. The SMILES string of the molecule is CCSc1cccnc1C(=O)N(C)c1c(N)cc(C(F)(F)F)n(C)c1=O. The summed E-state index contributed by atoms with van der Waals surface area (Å²) in [4.78, 5) is 30.7. The van der Waals surface area contributed by atoms with Gasteiger partial charge in [0.25, 0.3) is 11.5 Å². The molecule has 0 aliphatic carbocycles. The summed E-state index contributed by atoms with van der Waals surface area (Å²) < 4.78 is 39.4. The Kier molecular flexibility index (Phi) is 5.65. The molecule has 10 heteroatoms. The van der Waals surface area contributed by atoms with Gasteiger partial charge in [-0.2, -0.15) is 13.2 Å². The molecular weight excluding hydrogens is 369 g/mol. The number of nitrogens with zero attached hydrogens (tertiary/aromatic N) is 3. The van der Waals surface area contributed by atoms with E-state index in [1.807, 2.05) is 6.92 Å². The van der Waals surface area contributed by atoms with Crippen molar-refractivity contribution in [2.24, 2.45) is 7.05 Å². The number of halogens is 3. The van der Waals surface area contributed by atoms with Crippen LogP contribution in [0.15, 0.2) is 34.1 Å². The Morgan fingerprint density at radius 1 is 1.42 bits per heavy atom. The molecule has 0 unspecified atom stereocenters. The lowest BCUT2D eigenvalue weighted by molar-refractivity contribution is -0.143. The number of anilines is 2. The molecule has 26 heavy (non-hydrogen) atoms. The van der Waals surface area contributed by atoms with Gasteiger partial charge in [0.15, 0.2) is 0 Å². The Hall–Kier alpha value is -2.49. The van der Waals surface area contributed by atoms with Crippen LogP contribution in [0.25, 0.3) is 0 Å². The molecule has 0 saturated carbocycles. The van der Waals surface area contributed by atoms with E-state index in [4.69, 9.17) is 5.73 Å². The predicted molar refractivity (Wildman–Crippen MR) is 94.5 cm³/mol. The van der Waals surface area contributed by atoms with Gasteiger partial charge in [0, 0.05) is 25.2 Å². The summed E-state index contributed by atoms with van der Waals surface area (Å²) in [5, 5.41) is 0. The van der Waals surface area contributed by atoms with Crippen LogP contribution >= 0.6 is 11.8 Å². The average Bonchev–Trinajstić information content (AvgIpc) is 2.57. The molecule has 2 heterocycles. The summed E-state index contributed by atoms with van der Waals surface area (Å²) >= 11 is 1.39. The largest absolute Gasteiger partial charge is 0.431 e. The number of aromatic nitrogens is 2. The van der Waals surface area contributed by atoms with Crippen LogP contribution in [-0.4, -0.2) is 28.3 Å². The van der Waals surface area contributed by atoms with E-state index >= 15 is 0 Å². The molecule has 0 atom stereocenters. The summed E-state index contributed by atoms with van der Waals surface area (Å²) in [6, 6.07) is 4.01. The van der Waals surface area contributed by atoms with Crippen LogP contribution in [0.1, 0.15) is 23.1 Å². The molecule has 2 N–H and O–H groups in total. The van der Waals surface area contributed by atoms with Gasteiger partial charge in [-0.1, -0.05) is 6.92 Å². The lowest BCUT2D eigenvalue weighted by atomic mass is 10.2. The van der Waals surface area contributed by atoms with Crippen molar-refractivity contribution in [3.8, 4) is 0 Å². The van der Waals surface area contributed by atoms with Crippen molar-refractivity contribution in [3.63, 3.8) is 0 Å². The van der Waals surface area contributed by atoms with Crippen molar-refractivity contribution in [2.75, 3.05) is 23.4 Å². The van der Waals surface area contributed by atoms with E-state index in [0.29, 0.717) is 21.3 Å². The molecule has 2 aromatic heterocycles. The second kappa shape index (κ2) is 7.40. The van der Waals surface area contributed by atoms with Crippen LogP contribution in [-0.2, 0) is 13.2 Å². The van der Waals surface area contributed by atoms with Crippen molar-refractivity contribution in [2.45, 2.75) is 18.0 Å². The number of thioether (sulfide) groups is 1. The highest BCUT2D eigenvalue weighted by Crippen LogP contribution is 2.32. The highest BCUT2D eigenvalue weighted by atomic mass is 32.2. The monoisotopic (exact) mass is 386 g/mol. The number of rotatable bonds is 4. The van der Waals surface area contributed by atoms with Crippen LogP contribution in [0.3, 0.4) is 0 Å². The molecule has 0 spiro atoms. The third kappa shape index (κ3) is 3.69. The molecule has 0 aliphatic heterocycles. The Balaban J connectivity index is 2.54. The number of hydrogen-bond donors (Lipinski definition) is 1. The smallest absolute Gasteiger partial charge is 0.397 e. The minimum absolute atomic E-state index is 0.100. The first-order valence-electron chi connectivity index (χ1n) is 7.52. The molecule has 1 amide bonds. The van der Waals surface area contributed by atoms with E-state index in [2.05, 4.69) is 4.98 Å². The van der Waals surface area contributed by atoms with Crippen LogP contribution in [0.4, 0.5) is 24.5 Å². The average molecular weight is 386 g/mol. The Morgan fingerprint density at radius 2 is 2.08 bits per heavy atom. The maximum absolute atomic E-state index is 13.0. The normalized spacial score (nSPS) is 11.5. The Labute approximate surface area is 151 Å². The summed E-state index contributed by atoms with van der Waals surface area (Å²) in [5.41, 5.74) is 2.80. The third-order valence-electron chi connectivity index (χ3n) is 3.64. The molecule has 140 valence electrons. The number of nitrogen functional groups attached to an aromatic ring is 1. The van der Waals surface area contributed by atoms with Crippen molar-refractivity contribution in [1.29, 1.82) is 0 Å². The Morgan fingerprint density at radius 3 is 2.65 bits per heavy atom. The number of nitrogens with two attached hydrogens (primary N) is 1. The molecule has 2 rings (SSSR count). The number of amides is 1. The number of carbonyl (C=O) groups excluding carboxylic acids is 1. The van der Waals surface area contributed by atoms with Gasteiger partial charge in [0.2, 0.25) is 0 Å². The fourth-order valence-electron chi connectivity index (χ4n) is 2.40. The zero-order valence-corrected chi connectivity index (χ0v) is 15.1. The van der Waals surface area contributed by atoms with Crippen molar-refractivity contribution >= 4 is 29.0 Å².